The third-order valence-corrected chi connectivity index (χ3v) is 5.24. The maximum absolute atomic E-state index is 12.2. The van der Waals surface area contributed by atoms with Crippen LogP contribution in [0.2, 0.25) is 0 Å². The topological polar surface area (TPSA) is 93.9 Å². The van der Waals surface area contributed by atoms with Crippen molar-refractivity contribution in [1.82, 2.24) is 10.2 Å². The average molecular weight is 391 g/mol. The number of carbonyl (C=O) groups is 1. The molecule has 0 saturated carbocycles. The molecule has 27 heavy (non-hydrogen) atoms. The molecule has 9 heteroatoms. The van der Waals surface area contributed by atoms with Gasteiger partial charge in [-0.1, -0.05) is 6.07 Å². The van der Waals surface area contributed by atoms with Gasteiger partial charge in [0.2, 0.25) is 0 Å². The lowest BCUT2D eigenvalue weighted by atomic mass is 10.2. The van der Waals surface area contributed by atoms with Gasteiger partial charge in [0.05, 0.1) is 24.2 Å². The second-order valence-corrected chi connectivity index (χ2v) is 7.00. The van der Waals surface area contributed by atoms with E-state index < -0.39 is 4.92 Å². The summed E-state index contributed by atoms with van der Waals surface area (Å²) in [6.07, 6.45) is 0. The smallest absolute Gasteiger partial charge is 0.269 e. The fraction of sp³-hybridized carbons (Fsp3) is 0.389. The van der Waals surface area contributed by atoms with Crippen molar-refractivity contribution in [3.05, 3.63) is 56.8 Å². The predicted molar refractivity (Wildman–Crippen MR) is 101 cm³/mol. The normalized spacial score (nSPS) is 15.9. The molecule has 1 amide bonds. The number of nitrogens with one attached hydrogen (secondary N) is 1. The molecule has 1 N–H and O–H groups in total. The number of amides is 1. The number of rotatable bonds is 8. The van der Waals surface area contributed by atoms with E-state index in [2.05, 4.69) is 16.3 Å². The molecule has 1 aromatic carbocycles. The molecule has 1 unspecified atom stereocenters. The summed E-state index contributed by atoms with van der Waals surface area (Å²) in [5.41, 5.74) is -0.0175. The van der Waals surface area contributed by atoms with Crippen molar-refractivity contribution < 1.29 is 19.2 Å². The van der Waals surface area contributed by atoms with Crippen LogP contribution in [0.25, 0.3) is 0 Å². The van der Waals surface area contributed by atoms with E-state index in [1.807, 2.05) is 11.4 Å². The second-order valence-electron chi connectivity index (χ2n) is 6.02. The highest BCUT2D eigenvalue weighted by atomic mass is 32.1. The van der Waals surface area contributed by atoms with Crippen LogP contribution in [0.5, 0.6) is 5.75 Å². The lowest BCUT2D eigenvalue weighted by Crippen LogP contribution is -2.44. The zero-order valence-corrected chi connectivity index (χ0v) is 15.5. The van der Waals surface area contributed by atoms with Crippen LogP contribution >= 0.6 is 11.3 Å². The molecular formula is C18H21N3O5S. The van der Waals surface area contributed by atoms with E-state index in [0.29, 0.717) is 25.5 Å². The fourth-order valence-electron chi connectivity index (χ4n) is 2.85. The van der Waals surface area contributed by atoms with Crippen molar-refractivity contribution in [2.75, 3.05) is 39.5 Å². The number of hydrogen-bond acceptors (Lipinski definition) is 7. The molecule has 0 spiro atoms. The van der Waals surface area contributed by atoms with Gasteiger partial charge in [0.15, 0.2) is 6.61 Å². The maximum atomic E-state index is 12.2. The largest absolute Gasteiger partial charge is 0.484 e. The molecule has 1 atom stereocenters. The minimum atomic E-state index is -0.479. The van der Waals surface area contributed by atoms with Gasteiger partial charge < -0.3 is 14.8 Å². The highest BCUT2D eigenvalue weighted by molar-refractivity contribution is 7.10. The van der Waals surface area contributed by atoms with Crippen molar-refractivity contribution in [2.45, 2.75) is 6.04 Å². The highest BCUT2D eigenvalue weighted by Crippen LogP contribution is 2.25. The van der Waals surface area contributed by atoms with Crippen LogP contribution in [0.4, 0.5) is 5.69 Å². The van der Waals surface area contributed by atoms with E-state index in [0.717, 1.165) is 13.1 Å². The predicted octanol–water partition coefficient (Wildman–Crippen LogP) is 2.22. The Hall–Kier alpha value is -2.49. The molecule has 2 heterocycles. The van der Waals surface area contributed by atoms with Gasteiger partial charge in [-0.05, 0) is 23.6 Å². The molecule has 144 valence electrons. The molecule has 1 aromatic heterocycles. The van der Waals surface area contributed by atoms with Gasteiger partial charge in [0.25, 0.3) is 11.6 Å². The van der Waals surface area contributed by atoms with Crippen LogP contribution in [-0.4, -0.2) is 55.2 Å². The van der Waals surface area contributed by atoms with Gasteiger partial charge in [0, 0.05) is 36.6 Å². The molecule has 2 aromatic rings. The second kappa shape index (κ2) is 9.45. The Balaban J connectivity index is 1.50. The van der Waals surface area contributed by atoms with Crippen LogP contribution in [0.15, 0.2) is 41.8 Å². The number of benzene rings is 1. The van der Waals surface area contributed by atoms with Crippen molar-refractivity contribution in [1.29, 1.82) is 0 Å². The first-order chi connectivity index (χ1) is 13.1. The van der Waals surface area contributed by atoms with E-state index in [-0.39, 0.29) is 24.2 Å². The fourth-order valence-corrected chi connectivity index (χ4v) is 3.72. The van der Waals surface area contributed by atoms with Crippen LogP contribution in [0, 0.1) is 10.1 Å². The quantitative estimate of drug-likeness (QED) is 0.548. The summed E-state index contributed by atoms with van der Waals surface area (Å²) in [5, 5.41) is 15.6. The Bertz CT molecular complexity index is 745. The molecule has 8 nitrogen and oxygen atoms in total. The zero-order valence-electron chi connectivity index (χ0n) is 14.7. The van der Waals surface area contributed by atoms with Gasteiger partial charge in [-0.25, -0.2) is 0 Å². The number of carbonyl (C=O) groups excluding carboxylic acids is 1. The molecular weight excluding hydrogens is 370 g/mol. The summed E-state index contributed by atoms with van der Waals surface area (Å²) in [4.78, 5) is 25.8. The molecule has 0 radical (unpaired) electrons. The Labute approximate surface area is 160 Å². The van der Waals surface area contributed by atoms with Gasteiger partial charge in [0.1, 0.15) is 5.75 Å². The maximum Gasteiger partial charge on any atom is 0.269 e. The lowest BCUT2D eigenvalue weighted by molar-refractivity contribution is -0.384. The SMILES string of the molecule is O=C(COc1ccc([N+](=O)[O-])cc1)NCC(c1cccs1)N1CCOCC1. The van der Waals surface area contributed by atoms with E-state index in [9.17, 15) is 14.9 Å². The summed E-state index contributed by atoms with van der Waals surface area (Å²) in [5.74, 6) is 0.182. The minimum Gasteiger partial charge on any atom is -0.484 e. The molecule has 1 aliphatic heterocycles. The summed E-state index contributed by atoms with van der Waals surface area (Å²) in [6, 6.07) is 9.84. The Morgan fingerprint density at radius 3 is 2.67 bits per heavy atom. The standard InChI is InChI=1S/C18H21N3O5S/c22-18(13-26-15-5-3-14(4-6-15)21(23)24)19-12-16(17-2-1-11-27-17)20-7-9-25-10-8-20/h1-6,11,16H,7-10,12-13H2,(H,19,22). The van der Waals surface area contributed by atoms with Crippen LogP contribution in [-0.2, 0) is 9.53 Å². The first-order valence-electron chi connectivity index (χ1n) is 8.62. The number of nitro groups is 1. The van der Waals surface area contributed by atoms with E-state index in [1.165, 1.54) is 29.1 Å². The summed E-state index contributed by atoms with van der Waals surface area (Å²) < 4.78 is 10.8. The van der Waals surface area contributed by atoms with Gasteiger partial charge in [-0.3, -0.25) is 19.8 Å². The number of thiophene rings is 1. The lowest BCUT2D eigenvalue weighted by Gasteiger charge is -2.34. The molecule has 3 rings (SSSR count). The Kier molecular flexibility index (Phi) is 6.74. The number of hydrogen-bond donors (Lipinski definition) is 1. The zero-order chi connectivity index (χ0) is 19.1. The third-order valence-electron chi connectivity index (χ3n) is 4.27. The van der Waals surface area contributed by atoms with Crippen molar-refractivity contribution in [3.63, 3.8) is 0 Å². The summed E-state index contributed by atoms with van der Waals surface area (Å²) >= 11 is 1.67. The Morgan fingerprint density at radius 2 is 2.04 bits per heavy atom. The van der Waals surface area contributed by atoms with E-state index in [4.69, 9.17) is 9.47 Å². The van der Waals surface area contributed by atoms with Crippen molar-refractivity contribution >= 4 is 22.9 Å². The summed E-state index contributed by atoms with van der Waals surface area (Å²) in [7, 11) is 0. The van der Waals surface area contributed by atoms with E-state index >= 15 is 0 Å². The molecule has 1 fully saturated rings. The Morgan fingerprint density at radius 1 is 1.30 bits per heavy atom. The molecule has 1 saturated heterocycles. The first kappa shape index (κ1) is 19.3. The monoisotopic (exact) mass is 391 g/mol. The highest BCUT2D eigenvalue weighted by Gasteiger charge is 2.24. The van der Waals surface area contributed by atoms with Crippen LogP contribution < -0.4 is 10.1 Å². The molecule has 1 aliphatic rings. The number of morpholine rings is 1. The van der Waals surface area contributed by atoms with Gasteiger partial charge >= 0.3 is 0 Å². The number of ether oxygens (including phenoxy) is 2. The summed E-state index contributed by atoms with van der Waals surface area (Å²) in [6.45, 7) is 3.40. The van der Waals surface area contributed by atoms with Crippen LogP contribution in [0.1, 0.15) is 10.9 Å². The van der Waals surface area contributed by atoms with Crippen molar-refractivity contribution in [2.24, 2.45) is 0 Å². The minimum absolute atomic E-state index is 0.0175. The first-order valence-corrected chi connectivity index (χ1v) is 9.50. The number of nitro benzene ring substituents is 1. The molecule has 0 bridgehead atoms. The third kappa shape index (κ3) is 5.49. The molecule has 0 aliphatic carbocycles. The number of non-ortho nitro benzene ring substituents is 1. The van der Waals surface area contributed by atoms with Gasteiger partial charge in [-0.2, -0.15) is 0 Å². The van der Waals surface area contributed by atoms with E-state index in [1.54, 1.807) is 11.3 Å². The van der Waals surface area contributed by atoms with Crippen LogP contribution in [0.3, 0.4) is 0 Å². The number of nitrogens with zero attached hydrogens (tertiary/aromatic N) is 2. The average Bonchev–Trinajstić information content (AvgIpc) is 3.22. The van der Waals surface area contributed by atoms with Crippen molar-refractivity contribution in [3.8, 4) is 5.75 Å². The van der Waals surface area contributed by atoms with Gasteiger partial charge in [-0.15, -0.1) is 11.3 Å².